The Morgan fingerprint density at radius 1 is 1.50 bits per heavy atom. The quantitative estimate of drug-likeness (QED) is 0.787. The van der Waals surface area contributed by atoms with Gasteiger partial charge in [-0.15, -0.1) is 11.3 Å². The first-order chi connectivity index (χ1) is 6.81. The van der Waals surface area contributed by atoms with E-state index >= 15 is 0 Å². The molecule has 1 unspecified atom stereocenters. The second-order valence-electron chi connectivity index (χ2n) is 3.61. The van der Waals surface area contributed by atoms with Crippen LogP contribution in [-0.2, 0) is 6.42 Å². The van der Waals surface area contributed by atoms with E-state index in [4.69, 9.17) is 5.73 Å². The van der Waals surface area contributed by atoms with Crippen LogP contribution in [0.2, 0.25) is 0 Å². The Morgan fingerprint density at radius 2 is 2.29 bits per heavy atom. The molecule has 14 heavy (non-hydrogen) atoms. The molecule has 0 saturated carbocycles. The monoisotopic (exact) mass is 212 g/mol. The molecule has 0 aliphatic carbocycles. The van der Waals surface area contributed by atoms with E-state index in [-0.39, 0.29) is 0 Å². The SMILES string of the molecule is CCCCc1nc(C(CC)CN)cs1. The van der Waals surface area contributed by atoms with E-state index in [0.29, 0.717) is 12.5 Å². The number of aryl methyl sites for hydroxylation is 1. The molecular formula is C11H20N2S. The maximum Gasteiger partial charge on any atom is 0.0928 e. The summed E-state index contributed by atoms with van der Waals surface area (Å²) in [6, 6.07) is 0. The molecule has 0 spiro atoms. The van der Waals surface area contributed by atoms with Crippen LogP contribution in [-0.4, -0.2) is 11.5 Å². The summed E-state index contributed by atoms with van der Waals surface area (Å²) in [5.41, 5.74) is 6.89. The van der Waals surface area contributed by atoms with Gasteiger partial charge in [0.1, 0.15) is 0 Å². The number of aromatic nitrogens is 1. The van der Waals surface area contributed by atoms with Crippen molar-refractivity contribution < 1.29 is 0 Å². The molecule has 1 aromatic heterocycles. The normalized spacial score (nSPS) is 13.1. The fourth-order valence-corrected chi connectivity index (χ4v) is 2.37. The summed E-state index contributed by atoms with van der Waals surface area (Å²) < 4.78 is 0. The second-order valence-corrected chi connectivity index (χ2v) is 4.55. The van der Waals surface area contributed by atoms with E-state index in [1.165, 1.54) is 23.5 Å². The molecule has 1 atom stereocenters. The van der Waals surface area contributed by atoms with Gasteiger partial charge < -0.3 is 5.73 Å². The molecule has 0 bridgehead atoms. The highest BCUT2D eigenvalue weighted by molar-refractivity contribution is 7.09. The van der Waals surface area contributed by atoms with E-state index in [9.17, 15) is 0 Å². The lowest BCUT2D eigenvalue weighted by Gasteiger charge is -2.07. The fraction of sp³-hybridized carbons (Fsp3) is 0.727. The molecule has 0 aliphatic rings. The lowest BCUT2D eigenvalue weighted by Crippen LogP contribution is -2.11. The van der Waals surface area contributed by atoms with E-state index < -0.39 is 0 Å². The molecule has 3 heteroatoms. The molecule has 2 N–H and O–H groups in total. The zero-order chi connectivity index (χ0) is 10.4. The van der Waals surface area contributed by atoms with Crippen molar-refractivity contribution in [2.75, 3.05) is 6.54 Å². The smallest absolute Gasteiger partial charge is 0.0928 e. The first kappa shape index (κ1) is 11.7. The average molecular weight is 212 g/mol. The van der Waals surface area contributed by atoms with Crippen molar-refractivity contribution in [3.8, 4) is 0 Å². The number of hydrogen-bond donors (Lipinski definition) is 1. The minimum absolute atomic E-state index is 0.460. The van der Waals surface area contributed by atoms with Crippen molar-refractivity contribution in [1.29, 1.82) is 0 Å². The molecule has 2 nitrogen and oxygen atoms in total. The third-order valence-corrected chi connectivity index (χ3v) is 3.44. The van der Waals surface area contributed by atoms with Crippen LogP contribution in [0.5, 0.6) is 0 Å². The number of unbranched alkanes of at least 4 members (excludes halogenated alkanes) is 1. The molecule has 80 valence electrons. The van der Waals surface area contributed by atoms with Crippen LogP contribution in [0.3, 0.4) is 0 Å². The number of rotatable bonds is 6. The topological polar surface area (TPSA) is 38.9 Å². The highest BCUT2D eigenvalue weighted by atomic mass is 32.1. The largest absolute Gasteiger partial charge is 0.330 e. The third kappa shape index (κ3) is 3.07. The van der Waals surface area contributed by atoms with Crippen LogP contribution in [0.4, 0.5) is 0 Å². The van der Waals surface area contributed by atoms with E-state index in [1.54, 1.807) is 11.3 Å². The molecule has 0 saturated heterocycles. The van der Waals surface area contributed by atoms with Gasteiger partial charge in [-0.2, -0.15) is 0 Å². The average Bonchev–Trinajstić information content (AvgIpc) is 2.65. The minimum Gasteiger partial charge on any atom is -0.330 e. The van der Waals surface area contributed by atoms with Gasteiger partial charge >= 0.3 is 0 Å². The Balaban J connectivity index is 2.57. The van der Waals surface area contributed by atoms with Gasteiger partial charge in [0.05, 0.1) is 10.7 Å². The minimum atomic E-state index is 0.460. The van der Waals surface area contributed by atoms with Crippen LogP contribution in [0, 0.1) is 0 Å². The van der Waals surface area contributed by atoms with Crippen LogP contribution in [0.15, 0.2) is 5.38 Å². The summed E-state index contributed by atoms with van der Waals surface area (Å²) in [6.07, 6.45) is 4.70. The van der Waals surface area contributed by atoms with Crippen molar-refractivity contribution in [2.24, 2.45) is 5.73 Å². The molecule has 0 amide bonds. The Bertz CT molecular complexity index is 254. The van der Waals surface area contributed by atoms with Gasteiger partial charge in [-0.25, -0.2) is 4.98 Å². The molecule has 0 aliphatic heterocycles. The van der Waals surface area contributed by atoms with Crippen molar-refractivity contribution in [3.63, 3.8) is 0 Å². The number of nitrogens with two attached hydrogens (primary N) is 1. The highest BCUT2D eigenvalue weighted by Gasteiger charge is 2.10. The lowest BCUT2D eigenvalue weighted by molar-refractivity contribution is 0.654. The predicted octanol–water partition coefficient (Wildman–Crippen LogP) is 2.94. The lowest BCUT2D eigenvalue weighted by atomic mass is 10.0. The summed E-state index contributed by atoms with van der Waals surface area (Å²) in [5.74, 6) is 0.460. The summed E-state index contributed by atoms with van der Waals surface area (Å²) >= 11 is 1.78. The standard InChI is InChI=1S/C11H20N2S/c1-3-5-6-11-13-10(8-14-11)9(4-2)7-12/h8-9H,3-7,12H2,1-2H3. The van der Waals surface area contributed by atoms with Gasteiger partial charge in [0.2, 0.25) is 0 Å². The Kier molecular flexibility index (Phi) is 5.12. The van der Waals surface area contributed by atoms with E-state index in [1.807, 2.05) is 0 Å². The molecular weight excluding hydrogens is 192 g/mol. The molecule has 0 fully saturated rings. The maximum absolute atomic E-state index is 5.69. The number of hydrogen-bond acceptors (Lipinski definition) is 3. The van der Waals surface area contributed by atoms with Gasteiger partial charge in [0, 0.05) is 17.8 Å². The van der Waals surface area contributed by atoms with Gasteiger partial charge in [-0.05, 0) is 19.3 Å². The van der Waals surface area contributed by atoms with Gasteiger partial charge in [0.15, 0.2) is 0 Å². The fourth-order valence-electron chi connectivity index (χ4n) is 1.45. The van der Waals surface area contributed by atoms with Crippen LogP contribution in [0.1, 0.15) is 49.7 Å². The number of thiazole rings is 1. The molecule has 1 aromatic rings. The van der Waals surface area contributed by atoms with Crippen molar-refractivity contribution >= 4 is 11.3 Å². The van der Waals surface area contributed by atoms with Crippen molar-refractivity contribution in [3.05, 3.63) is 16.1 Å². The first-order valence-electron chi connectivity index (χ1n) is 5.46. The third-order valence-electron chi connectivity index (χ3n) is 2.51. The van der Waals surface area contributed by atoms with Crippen LogP contribution >= 0.6 is 11.3 Å². The zero-order valence-electron chi connectivity index (χ0n) is 9.12. The molecule has 1 heterocycles. The van der Waals surface area contributed by atoms with Gasteiger partial charge in [-0.1, -0.05) is 20.3 Å². The van der Waals surface area contributed by atoms with Crippen LogP contribution < -0.4 is 5.73 Å². The zero-order valence-corrected chi connectivity index (χ0v) is 9.94. The highest BCUT2D eigenvalue weighted by Crippen LogP contribution is 2.21. The van der Waals surface area contributed by atoms with E-state index in [0.717, 1.165) is 12.8 Å². The summed E-state index contributed by atoms with van der Waals surface area (Å²) in [5, 5.41) is 3.44. The van der Waals surface area contributed by atoms with Gasteiger partial charge in [-0.3, -0.25) is 0 Å². The Hall–Kier alpha value is -0.410. The van der Waals surface area contributed by atoms with Crippen LogP contribution in [0.25, 0.3) is 0 Å². The Labute approximate surface area is 90.6 Å². The predicted molar refractivity (Wildman–Crippen MR) is 62.8 cm³/mol. The van der Waals surface area contributed by atoms with Crippen molar-refractivity contribution in [2.45, 2.75) is 45.4 Å². The summed E-state index contributed by atoms with van der Waals surface area (Å²) in [6.45, 7) is 5.10. The second kappa shape index (κ2) is 6.14. The first-order valence-corrected chi connectivity index (χ1v) is 6.34. The molecule has 0 aromatic carbocycles. The van der Waals surface area contributed by atoms with E-state index in [2.05, 4.69) is 24.2 Å². The number of nitrogens with zero attached hydrogens (tertiary/aromatic N) is 1. The van der Waals surface area contributed by atoms with Gasteiger partial charge in [0.25, 0.3) is 0 Å². The molecule has 0 radical (unpaired) electrons. The Morgan fingerprint density at radius 3 is 2.86 bits per heavy atom. The van der Waals surface area contributed by atoms with Crippen molar-refractivity contribution in [1.82, 2.24) is 4.98 Å². The molecule has 1 rings (SSSR count). The summed E-state index contributed by atoms with van der Waals surface area (Å²) in [4.78, 5) is 4.63. The maximum atomic E-state index is 5.69. The summed E-state index contributed by atoms with van der Waals surface area (Å²) in [7, 11) is 0.